The van der Waals surface area contributed by atoms with Crippen molar-refractivity contribution in [3.63, 3.8) is 0 Å². The summed E-state index contributed by atoms with van der Waals surface area (Å²) in [6, 6.07) is 18.5. The summed E-state index contributed by atoms with van der Waals surface area (Å²) in [7, 11) is 1.28. The van der Waals surface area contributed by atoms with E-state index in [4.69, 9.17) is 14.2 Å². The first kappa shape index (κ1) is 22.1. The van der Waals surface area contributed by atoms with Gasteiger partial charge in [0.15, 0.2) is 11.5 Å². The smallest absolute Gasteiger partial charge is 0.338 e. The lowest BCUT2D eigenvalue weighted by molar-refractivity contribution is 0.0587. The lowest BCUT2D eigenvalue weighted by atomic mass is 10.1. The van der Waals surface area contributed by atoms with Gasteiger partial charge >= 0.3 is 5.97 Å². The number of hydrogen-bond acceptors (Lipinski definition) is 7. The number of rotatable bonds is 7. The molecule has 1 amide bonds. The highest BCUT2D eigenvalue weighted by Gasteiger charge is 2.25. The van der Waals surface area contributed by atoms with Gasteiger partial charge in [0, 0.05) is 25.1 Å². The van der Waals surface area contributed by atoms with Crippen LogP contribution in [0.3, 0.4) is 0 Å². The molecule has 3 heterocycles. The minimum atomic E-state index is -0.604. The molecule has 0 saturated carbocycles. The Balaban J connectivity index is 1.51. The molecule has 9 nitrogen and oxygen atoms in total. The van der Waals surface area contributed by atoms with Gasteiger partial charge in [-0.3, -0.25) is 9.78 Å². The fourth-order valence-electron chi connectivity index (χ4n) is 3.93. The number of aromatic nitrogens is 3. The van der Waals surface area contributed by atoms with Crippen molar-refractivity contribution in [2.75, 3.05) is 13.9 Å². The van der Waals surface area contributed by atoms with Crippen LogP contribution < -0.4 is 9.47 Å². The summed E-state index contributed by atoms with van der Waals surface area (Å²) in [6.45, 7) is 0.651. The zero-order chi connectivity index (χ0) is 24.2. The van der Waals surface area contributed by atoms with Crippen LogP contribution in [-0.2, 0) is 17.8 Å². The molecule has 1 aliphatic heterocycles. The van der Waals surface area contributed by atoms with Crippen molar-refractivity contribution >= 4 is 11.9 Å². The lowest BCUT2D eigenvalue weighted by Crippen LogP contribution is -2.32. The van der Waals surface area contributed by atoms with E-state index in [1.165, 1.54) is 25.6 Å². The molecule has 1 aliphatic rings. The van der Waals surface area contributed by atoms with E-state index in [1.54, 1.807) is 15.8 Å². The zero-order valence-corrected chi connectivity index (χ0v) is 19.0. The van der Waals surface area contributed by atoms with Crippen LogP contribution in [0.25, 0.3) is 5.69 Å². The molecule has 0 aliphatic carbocycles. The molecule has 0 radical (unpaired) electrons. The van der Waals surface area contributed by atoms with Crippen LogP contribution in [0.5, 0.6) is 11.5 Å². The predicted molar refractivity (Wildman–Crippen MR) is 125 cm³/mol. The van der Waals surface area contributed by atoms with E-state index in [2.05, 4.69) is 10.1 Å². The zero-order valence-electron chi connectivity index (χ0n) is 19.0. The Kier molecular flexibility index (Phi) is 6.13. The molecular weight excluding hydrogens is 448 g/mol. The first-order chi connectivity index (χ1) is 17.1. The normalized spacial score (nSPS) is 11.8. The molecule has 0 saturated heterocycles. The van der Waals surface area contributed by atoms with E-state index in [0.717, 1.165) is 16.9 Å². The molecule has 0 spiro atoms. The molecule has 0 unspecified atom stereocenters. The topological polar surface area (TPSA) is 95.8 Å². The second-order valence-electron chi connectivity index (χ2n) is 7.83. The van der Waals surface area contributed by atoms with Gasteiger partial charge in [-0.1, -0.05) is 24.3 Å². The SMILES string of the molecule is COC(=O)c1ccncc1C(=O)N(Cc1ccc2c(c1)OCO2)Cc1ccnn1-c1ccccc1. The van der Waals surface area contributed by atoms with E-state index >= 15 is 0 Å². The van der Waals surface area contributed by atoms with E-state index in [9.17, 15) is 9.59 Å². The Morgan fingerprint density at radius 3 is 2.63 bits per heavy atom. The predicted octanol–water partition coefficient (Wildman–Crippen LogP) is 3.63. The first-order valence-corrected chi connectivity index (χ1v) is 10.9. The molecule has 5 rings (SSSR count). The maximum absolute atomic E-state index is 13.8. The van der Waals surface area contributed by atoms with Gasteiger partial charge in [-0.25, -0.2) is 9.48 Å². The van der Waals surface area contributed by atoms with E-state index in [1.807, 2.05) is 54.6 Å². The largest absolute Gasteiger partial charge is 0.465 e. The van der Waals surface area contributed by atoms with Gasteiger partial charge in [0.2, 0.25) is 6.79 Å². The molecule has 0 atom stereocenters. The Labute approximate surface area is 201 Å². The summed E-state index contributed by atoms with van der Waals surface area (Å²) in [5.74, 6) is 0.319. The van der Waals surface area contributed by atoms with Gasteiger partial charge < -0.3 is 19.1 Å². The molecular formula is C26H22N4O5. The number of fused-ring (bicyclic) bond motifs is 1. The molecule has 2 aromatic heterocycles. The van der Waals surface area contributed by atoms with Crippen molar-refractivity contribution in [3.05, 3.63) is 102 Å². The fourth-order valence-corrected chi connectivity index (χ4v) is 3.93. The number of nitrogens with zero attached hydrogens (tertiary/aromatic N) is 4. The highest BCUT2D eigenvalue weighted by Crippen LogP contribution is 2.33. The quantitative estimate of drug-likeness (QED) is 0.381. The Morgan fingerprint density at radius 2 is 1.80 bits per heavy atom. The standard InChI is InChI=1S/C26H22N4O5/c1-33-26(32)21-10-11-27-14-22(21)25(31)29(15-18-7-8-23-24(13-18)35-17-34-23)16-20-9-12-28-30(20)19-5-3-2-4-6-19/h2-14H,15-17H2,1H3. The van der Waals surface area contributed by atoms with Gasteiger partial charge in [-0.05, 0) is 42.0 Å². The Hall–Kier alpha value is -4.66. The number of amides is 1. The van der Waals surface area contributed by atoms with Crippen molar-refractivity contribution in [1.82, 2.24) is 19.7 Å². The number of carbonyl (C=O) groups excluding carboxylic acids is 2. The summed E-state index contributed by atoms with van der Waals surface area (Å²) in [4.78, 5) is 31.8. The average molecular weight is 470 g/mol. The van der Waals surface area contributed by atoms with E-state index in [0.29, 0.717) is 11.5 Å². The van der Waals surface area contributed by atoms with Crippen LogP contribution in [-0.4, -0.2) is 45.4 Å². The Morgan fingerprint density at radius 1 is 0.971 bits per heavy atom. The second kappa shape index (κ2) is 9.68. The van der Waals surface area contributed by atoms with Crippen LogP contribution in [0, 0.1) is 0 Å². The van der Waals surface area contributed by atoms with E-state index in [-0.39, 0.29) is 36.9 Å². The van der Waals surface area contributed by atoms with Crippen molar-refractivity contribution in [1.29, 1.82) is 0 Å². The molecule has 4 aromatic rings. The average Bonchev–Trinajstić information content (AvgIpc) is 3.57. The maximum Gasteiger partial charge on any atom is 0.338 e. The van der Waals surface area contributed by atoms with Gasteiger partial charge in [-0.2, -0.15) is 5.10 Å². The molecule has 0 bridgehead atoms. The number of ether oxygens (including phenoxy) is 3. The van der Waals surface area contributed by atoms with Gasteiger partial charge in [0.05, 0.1) is 36.2 Å². The number of hydrogen-bond donors (Lipinski definition) is 0. The summed E-state index contributed by atoms with van der Waals surface area (Å²) >= 11 is 0. The lowest BCUT2D eigenvalue weighted by Gasteiger charge is -2.24. The Bertz CT molecular complexity index is 1370. The van der Waals surface area contributed by atoms with Gasteiger partial charge in [0.1, 0.15) is 0 Å². The van der Waals surface area contributed by atoms with Crippen LogP contribution >= 0.6 is 0 Å². The molecule has 2 aromatic carbocycles. The minimum Gasteiger partial charge on any atom is -0.465 e. The molecule has 0 fully saturated rings. The summed E-state index contributed by atoms with van der Waals surface area (Å²) in [6.07, 6.45) is 4.53. The number of pyridine rings is 1. The summed E-state index contributed by atoms with van der Waals surface area (Å²) < 4.78 is 17.6. The number of benzene rings is 2. The third-order valence-electron chi connectivity index (χ3n) is 5.63. The van der Waals surface area contributed by atoms with Crippen LogP contribution in [0.15, 0.2) is 79.3 Å². The number of carbonyl (C=O) groups is 2. The minimum absolute atomic E-state index is 0.153. The molecule has 35 heavy (non-hydrogen) atoms. The van der Waals surface area contributed by atoms with Crippen molar-refractivity contribution in [3.8, 4) is 17.2 Å². The van der Waals surface area contributed by atoms with Crippen molar-refractivity contribution < 1.29 is 23.8 Å². The van der Waals surface area contributed by atoms with Crippen molar-refractivity contribution in [2.45, 2.75) is 13.1 Å². The summed E-state index contributed by atoms with van der Waals surface area (Å²) in [5.41, 5.74) is 2.83. The van der Waals surface area contributed by atoms with Crippen molar-refractivity contribution in [2.24, 2.45) is 0 Å². The van der Waals surface area contributed by atoms with Crippen LogP contribution in [0.1, 0.15) is 32.0 Å². The third-order valence-corrected chi connectivity index (χ3v) is 5.63. The number of para-hydroxylation sites is 1. The fraction of sp³-hybridized carbons (Fsp3) is 0.154. The van der Waals surface area contributed by atoms with Gasteiger partial charge in [0.25, 0.3) is 5.91 Å². The highest BCUT2D eigenvalue weighted by molar-refractivity contribution is 6.05. The van der Waals surface area contributed by atoms with Gasteiger partial charge in [-0.15, -0.1) is 0 Å². The summed E-state index contributed by atoms with van der Waals surface area (Å²) in [5, 5.41) is 4.44. The molecule has 9 heteroatoms. The highest BCUT2D eigenvalue weighted by atomic mass is 16.7. The number of methoxy groups -OCH3 is 1. The first-order valence-electron chi connectivity index (χ1n) is 10.9. The maximum atomic E-state index is 13.8. The number of esters is 1. The third kappa shape index (κ3) is 4.56. The molecule has 176 valence electrons. The van der Waals surface area contributed by atoms with Crippen LogP contribution in [0.4, 0.5) is 0 Å². The monoisotopic (exact) mass is 470 g/mol. The van der Waals surface area contributed by atoms with E-state index < -0.39 is 5.97 Å². The molecule has 0 N–H and O–H groups in total. The second-order valence-corrected chi connectivity index (χ2v) is 7.83. The van der Waals surface area contributed by atoms with Crippen LogP contribution in [0.2, 0.25) is 0 Å².